The maximum Gasteiger partial charge on any atom is 0.0792 e. The summed E-state index contributed by atoms with van der Waals surface area (Å²) >= 11 is 0. The lowest BCUT2D eigenvalue weighted by atomic mass is 9.52. The summed E-state index contributed by atoms with van der Waals surface area (Å²) in [7, 11) is 0. The summed E-state index contributed by atoms with van der Waals surface area (Å²) in [5.74, 6) is 5.14. The number of nitrogens with one attached hydrogen (secondary N) is 1. The molecule has 1 aromatic rings. The smallest absolute Gasteiger partial charge is 0.0792 e. The number of fused-ring (bicyclic) bond motifs is 1. The van der Waals surface area contributed by atoms with Crippen LogP contribution in [0.4, 0.5) is 0 Å². The third-order valence-electron chi connectivity index (χ3n) is 7.62. The first-order valence-electron chi connectivity index (χ1n) is 10.3. The first-order chi connectivity index (χ1) is 11.8. The molecule has 1 atom stereocenters. The van der Waals surface area contributed by atoms with Gasteiger partial charge in [0.15, 0.2) is 0 Å². The molecule has 4 fully saturated rings. The van der Waals surface area contributed by atoms with E-state index in [1.807, 2.05) is 0 Å². The van der Waals surface area contributed by atoms with Crippen molar-refractivity contribution < 1.29 is 5.11 Å². The minimum Gasteiger partial charge on any atom is -0.388 e. The molecular weight excluding hydrogens is 294 g/mol. The molecule has 24 heavy (non-hydrogen) atoms. The molecule has 2 N–H and O–H groups in total. The third-order valence-corrected chi connectivity index (χ3v) is 7.62. The van der Waals surface area contributed by atoms with Crippen molar-refractivity contribution in [1.29, 1.82) is 0 Å². The Bertz CT molecular complexity index is 582. The van der Waals surface area contributed by atoms with Crippen LogP contribution in [0.15, 0.2) is 18.2 Å². The topological polar surface area (TPSA) is 32.3 Å². The van der Waals surface area contributed by atoms with Crippen LogP contribution < -0.4 is 5.32 Å². The van der Waals surface area contributed by atoms with Crippen LogP contribution in [0.25, 0.3) is 0 Å². The third kappa shape index (κ3) is 2.72. The van der Waals surface area contributed by atoms with Crippen molar-refractivity contribution in [3.63, 3.8) is 0 Å². The van der Waals surface area contributed by atoms with Crippen LogP contribution >= 0.6 is 0 Å². The van der Waals surface area contributed by atoms with Gasteiger partial charge in [-0.1, -0.05) is 18.2 Å². The summed E-state index contributed by atoms with van der Waals surface area (Å²) in [4.78, 5) is 0. The number of aryl methyl sites for hydroxylation is 1. The van der Waals surface area contributed by atoms with Gasteiger partial charge in [0.05, 0.1) is 6.10 Å². The van der Waals surface area contributed by atoms with E-state index in [4.69, 9.17) is 0 Å². The highest BCUT2D eigenvalue weighted by Crippen LogP contribution is 2.56. The lowest BCUT2D eigenvalue weighted by Crippen LogP contribution is -2.48. The minimum absolute atomic E-state index is 0.233. The van der Waals surface area contributed by atoms with Crippen LogP contribution in [-0.4, -0.2) is 11.7 Å². The van der Waals surface area contributed by atoms with Gasteiger partial charge in [0.1, 0.15) is 0 Å². The number of hydrogen-bond acceptors (Lipinski definition) is 2. The normalized spacial score (nSPS) is 39.9. The molecule has 1 unspecified atom stereocenters. The number of aliphatic hydroxyl groups excluding tert-OH is 1. The van der Waals surface area contributed by atoms with E-state index in [-0.39, 0.29) is 6.10 Å². The molecule has 0 aliphatic heterocycles. The summed E-state index contributed by atoms with van der Waals surface area (Å²) in [5, 5.41) is 13.9. The van der Waals surface area contributed by atoms with Gasteiger partial charge in [-0.3, -0.25) is 0 Å². The van der Waals surface area contributed by atoms with E-state index in [1.54, 1.807) is 6.42 Å². The molecule has 0 aromatic heterocycles. The second kappa shape index (κ2) is 6.14. The van der Waals surface area contributed by atoms with E-state index < -0.39 is 0 Å². The van der Waals surface area contributed by atoms with Crippen LogP contribution in [0.3, 0.4) is 0 Å². The largest absolute Gasteiger partial charge is 0.388 e. The maximum atomic E-state index is 10.1. The summed E-state index contributed by atoms with van der Waals surface area (Å²) in [5.41, 5.74) is 3.94. The molecule has 4 saturated carbocycles. The fourth-order valence-electron chi connectivity index (χ4n) is 6.71. The van der Waals surface area contributed by atoms with Crippen LogP contribution in [0.2, 0.25) is 0 Å². The molecule has 1 aromatic carbocycles. The van der Waals surface area contributed by atoms with Crippen molar-refractivity contribution in [2.75, 3.05) is 6.54 Å². The molecule has 5 aliphatic rings. The van der Waals surface area contributed by atoms with Crippen LogP contribution in [0.5, 0.6) is 0 Å². The van der Waals surface area contributed by atoms with Gasteiger partial charge in [-0.05, 0) is 104 Å². The Morgan fingerprint density at radius 1 is 1.00 bits per heavy atom. The van der Waals surface area contributed by atoms with Crippen molar-refractivity contribution in [2.24, 2.45) is 29.6 Å². The van der Waals surface area contributed by atoms with Gasteiger partial charge in [0, 0.05) is 6.54 Å². The molecule has 0 saturated heterocycles. The highest BCUT2D eigenvalue weighted by atomic mass is 16.3. The Hall–Kier alpha value is -0.860. The molecule has 2 heteroatoms. The average molecular weight is 325 g/mol. The van der Waals surface area contributed by atoms with Crippen molar-refractivity contribution in [1.82, 2.24) is 5.32 Å². The van der Waals surface area contributed by atoms with E-state index in [2.05, 4.69) is 23.5 Å². The van der Waals surface area contributed by atoms with Crippen molar-refractivity contribution >= 4 is 0 Å². The second-order valence-electron chi connectivity index (χ2n) is 9.17. The summed E-state index contributed by atoms with van der Waals surface area (Å²) in [6, 6.07) is 6.72. The van der Waals surface area contributed by atoms with Crippen LogP contribution in [0, 0.1) is 29.6 Å². The van der Waals surface area contributed by atoms with Gasteiger partial charge in [-0.15, -0.1) is 0 Å². The molecule has 0 heterocycles. The zero-order valence-corrected chi connectivity index (χ0v) is 14.7. The van der Waals surface area contributed by atoms with Gasteiger partial charge in [0.25, 0.3) is 0 Å². The SMILES string of the molecule is OC1CCCc2cc(CNCC3C4CC5CC(C4)CC3C5)ccc21. The van der Waals surface area contributed by atoms with E-state index in [0.29, 0.717) is 0 Å². The van der Waals surface area contributed by atoms with E-state index >= 15 is 0 Å². The Balaban J connectivity index is 1.20. The highest BCUT2D eigenvalue weighted by Gasteiger charge is 2.47. The Kier molecular flexibility index (Phi) is 3.94. The predicted octanol–water partition coefficient (Wildman–Crippen LogP) is 4.22. The fourth-order valence-corrected chi connectivity index (χ4v) is 6.71. The molecule has 130 valence electrons. The Morgan fingerprint density at radius 3 is 2.50 bits per heavy atom. The lowest BCUT2D eigenvalue weighted by Gasteiger charge is -2.54. The van der Waals surface area contributed by atoms with Crippen molar-refractivity contribution in [2.45, 2.75) is 64.0 Å². The Morgan fingerprint density at radius 2 is 1.75 bits per heavy atom. The molecule has 0 spiro atoms. The van der Waals surface area contributed by atoms with Gasteiger partial charge >= 0.3 is 0 Å². The molecule has 0 radical (unpaired) electrons. The number of hydrogen-bond donors (Lipinski definition) is 2. The summed E-state index contributed by atoms with van der Waals surface area (Å²) in [6.07, 6.45) is 10.6. The second-order valence-corrected chi connectivity index (χ2v) is 9.17. The monoisotopic (exact) mass is 325 g/mol. The van der Waals surface area contributed by atoms with Crippen molar-refractivity contribution in [3.05, 3.63) is 34.9 Å². The first-order valence-corrected chi connectivity index (χ1v) is 10.3. The molecule has 0 amide bonds. The van der Waals surface area contributed by atoms with Crippen LogP contribution in [0.1, 0.15) is 67.7 Å². The molecule has 5 aliphatic carbocycles. The van der Waals surface area contributed by atoms with Crippen molar-refractivity contribution in [3.8, 4) is 0 Å². The predicted molar refractivity (Wildman–Crippen MR) is 96.6 cm³/mol. The van der Waals surface area contributed by atoms with E-state index in [1.165, 1.54) is 48.9 Å². The number of aliphatic hydroxyl groups is 1. The quantitative estimate of drug-likeness (QED) is 0.869. The number of rotatable bonds is 4. The first kappa shape index (κ1) is 15.4. The molecule has 6 rings (SSSR count). The summed E-state index contributed by atoms with van der Waals surface area (Å²) in [6.45, 7) is 2.21. The molecule has 4 bridgehead atoms. The van der Waals surface area contributed by atoms with Gasteiger partial charge < -0.3 is 10.4 Å². The Labute approximate surface area is 146 Å². The van der Waals surface area contributed by atoms with Gasteiger partial charge in [0.2, 0.25) is 0 Å². The van der Waals surface area contributed by atoms with E-state index in [9.17, 15) is 5.11 Å². The van der Waals surface area contributed by atoms with Gasteiger partial charge in [-0.25, -0.2) is 0 Å². The van der Waals surface area contributed by atoms with E-state index in [0.717, 1.165) is 55.4 Å². The minimum atomic E-state index is -0.233. The highest BCUT2D eigenvalue weighted by molar-refractivity contribution is 5.35. The zero-order chi connectivity index (χ0) is 16.1. The fraction of sp³-hybridized carbons (Fsp3) is 0.727. The maximum absolute atomic E-state index is 10.1. The summed E-state index contributed by atoms with van der Waals surface area (Å²) < 4.78 is 0. The lowest BCUT2D eigenvalue weighted by molar-refractivity contribution is -0.0355. The van der Waals surface area contributed by atoms with Gasteiger partial charge in [-0.2, -0.15) is 0 Å². The number of benzene rings is 1. The molecule has 2 nitrogen and oxygen atoms in total. The van der Waals surface area contributed by atoms with Crippen LogP contribution in [-0.2, 0) is 13.0 Å². The average Bonchev–Trinajstić information content (AvgIpc) is 2.57. The molecular formula is C22H31NO. The standard InChI is InChI=1S/C22H31NO/c24-22-3-1-2-17-7-14(4-5-20(17)22)12-23-13-21-18-8-15-6-16(10-18)11-19(21)9-15/h4-5,7,15-16,18-19,21-24H,1-3,6,8-13H2. The zero-order valence-electron chi connectivity index (χ0n) is 14.7.